The number of hydrogen-bond acceptors (Lipinski definition) is 1. The number of rotatable bonds is 6. The third-order valence-electron chi connectivity index (χ3n) is 3.01. The average molecular weight is 303 g/mol. The number of halogens is 1. The lowest BCUT2D eigenvalue weighted by Crippen LogP contribution is -1.87. The van der Waals surface area contributed by atoms with E-state index < -0.39 is 0 Å². The second kappa shape index (κ2) is 8.18. The third kappa shape index (κ3) is 4.16. The molecule has 20 heavy (non-hydrogen) atoms. The normalized spacial score (nSPS) is 12.1. The van der Waals surface area contributed by atoms with Crippen molar-refractivity contribution in [2.24, 2.45) is 0 Å². The van der Waals surface area contributed by atoms with E-state index in [2.05, 4.69) is 43.3 Å². The van der Waals surface area contributed by atoms with E-state index in [0.717, 1.165) is 16.3 Å². The zero-order chi connectivity index (χ0) is 14.2. The molecule has 0 spiro atoms. The fraction of sp³-hybridized carbons (Fsp3) is 0.222. The van der Waals surface area contributed by atoms with Crippen molar-refractivity contribution in [2.45, 2.75) is 19.8 Å². The van der Waals surface area contributed by atoms with E-state index >= 15 is 0 Å². The van der Waals surface area contributed by atoms with Crippen molar-refractivity contribution in [3.63, 3.8) is 0 Å². The minimum absolute atomic E-state index is 0.845. The summed E-state index contributed by atoms with van der Waals surface area (Å²) in [6.45, 7) is 2.21. The van der Waals surface area contributed by atoms with Crippen LogP contribution in [0.15, 0.2) is 60.7 Å². The molecule has 0 saturated carbocycles. The summed E-state index contributed by atoms with van der Waals surface area (Å²) in [6.07, 6.45) is 2.41. The van der Waals surface area contributed by atoms with Gasteiger partial charge in [0.2, 0.25) is 0 Å². The summed E-state index contributed by atoms with van der Waals surface area (Å²) in [6, 6.07) is 20.6. The van der Waals surface area contributed by atoms with E-state index in [1.807, 2.05) is 36.0 Å². The molecule has 0 unspecified atom stereocenters. The van der Waals surface area contributed by atoms with Gasteiger partial charge in [-0.05, 0) is 23.3 Å². The van der Waals surface area contributed by atoms with Gasteiger partial charge in [-0.1, -0.05) is 85.6 Å². The van der Waals surface area contributed by atoms with Crippen LogP contribution in [0.2, 0.25) is 0 Å². The van der Waals surface area contributed by atoms with Crippen LogP contribution in [0.4, 0.5) is 0 Å². The highest BCUT2D eigenvalue weighted by molar-refractivity contribution is 8.08. The molecule has 0 heterocycles. The van der Waals surface area contributed by atoms with Crippen LogP contribution in [-0.2, 0) is 0 Å². The highest BCUT2D eigenvalue weighted by Gasteiger charge is 2.10. The zero-order valence-electron chi connectivity index (χ0n) is 11.7. The Morgan fingerprint density at radius 2 is 1.45 bits per heavy atom. The second-order valence-electron chi connectivity index (χ2n) is 4.58. The summed E-state index contributed by atoms with van der Waals surface area (Å²) in [7, 11) is 0. The SMILES string of the molecule is CCCCS/C(=C(/Cl)c1ccccc1)c1ccccc1. The Labute approximate surface area is 130 Å². The van der Waals surface area contributed by atoms with Gasteiger partial charge in [0.1, 0.15) is 0 Å². The van der Waals surface area contributed by atoms with Crippen molar-refractivity contribution in [1.82, 2.24) is 0 Å². The maximum atomic E-state index is 6.64. The first-order valence-electron chi connectivity index (χ1n) is 6.96. The topological polar surface area (TPSA) is 0 Å². The molecule has 0 saturated heterocycles. The van der Waals surface area contributed by atoms with Crippen LogP contribution in [0.3, 0.4) is 0 Å². The van der Waals surface area contributed by atoms with Crippen LogP contribution >= 0.6 is 23.4 Å². The molecule has 0 aliphatic heterocycles. The van der Waals surface area contributed by atoms with Crippen LogP contribution in [-0.4, -0.2) is 5.75 Å². The lowest BCUT2D eigenvalue weighted by atomic mass is 10.1. The molecule has 0 aromatic heterocycles. The maximum absolute atomic E-state index is 6.64. The number of unbranched alkanes of at least 4 members (excludes halogenated alkanes) is 1. The molecule has 0 amide bonds. The molecule has 0 N–H and O–H groups in total. The minimum atomic E-state index is 0.845. The Bertz CT molecular complexity index is 546. The summed E-state index contributed by atoms with van der Waals surface area (Å²) in [5, 5.41) is 0.845. The van der Waals surface area contributed by atoms with Crippen molar-refractivity contribution in [2.75, 3.05) is 5.75 Å². The fourth-order valence-corrected chi connectivity index (χ4v) is 3.48. The maximum Gasteiger partial charge on any atom is 0.0620 e. The van der Waals surface area contributed by atoms with Gasteiger partial charge in [-0.3, -0.25) is 0 Å². The molecular weight excluding hydrogens is 284 g/mol. The standard InChI is InChI=1S/C18H19ClS/c1-2-3-14-20-18(16-12-8-5-9-13-16)17(19)15-10-6-4-7-11-15/h4-13H,2-3,14H2,1H3/b18-17+. The van der Waals surface area contributed by atoms with Crippen molar-refractivity contribution in [3.05, 3.63) is 71.8 Å². The average Bonchev–Trinajstić information content (AvgIpc) is 2.53. The molecule has 0 bridgehead atoms. The summed E-state index contributed by atoms with van der Waals surface area (Å²) >= 11 is 8.49. The van der Waals surface area contributed by atoms with E-state index in [-0.39, 0.29) is 0 Å². The number of hydrogen-bond donors (Lipinski definition) is 0. The van der Waals surface area contributed by atoms with Gasteiger partial charge >= 0.3 is 0 Å². The Morgan fingerprint density at radius 1 is 0.900 bits per heavy atom. The van der Waals surface area contributed by atoms with Gasteiger partial charge in [0.05, 0.1) is 5.03 Å². The van der Waals surface area contributed by atoms with E-state index in [4.69, 9.17) is 11.6 Å². The Kier molecular flexibility index (Phi) is 6.23. The first-order chi connectivity index (χ1) is 9.83. The predicted molar refractivity (Wildman–Crippen MR) is 92.9 cm³/mol. The van der Waals surface area contributed by atoms with Gasteiger partial charge < -0.3 is 0 Å². The molecule has 0 radical (unpaired) electrons. The fourth-order valence-electron chi connectivity index (χ4n) is 1.90. The largest absolute Gasteiger partial charge is 0.124 e. The van der Waals surface area contributed by atoms with E-state index in [0.29, 0.717) is 0 Å². The lowest BCUT2D eigenvalue weighted by molar-refractivity contribution is 0.898. The lowest BCUT2D eigenvalue weighted by Gasteiger charge is -2.11. The van der Waals surface area contributed by atoms with Gasteiger partial charge in [-0.2, -0.15) is 0 Å². The van der Waals surface area contributed by atoms with Crippen LogP contribution in [0.5, 0.6) is 0 Å². The highest BCUT2D eigenvalue weighted by Crippen LogP contribution is 2.38. The minimum Gasteiger partial charge on any atom is -0.124 e. The Balaban J connectivity index is 2.35. The van der Waals surface area contributed by atoms with Crippen LogP contribution in [0, 0.1) is 0 Å². The van der Waals surface area contributed by atoms with Crippen molar-refractivity contribution in [1.29, 1.82) is 0 Å². The Morgan fingerprint density at radius 3 is 2.00 bits per heavy atom. The molecule has 2 heteroatoms. The van der Waals surface area contributed by atoms with Crippen LogP contribution in [0.1, 0.15) is 30.9 Å². The van der Waals surface area contributed by atoms with Crippen molar-refractivity contribution in [3.8, 4) is 0 Å². The third-order valence-corrected chi connectivity index (χ3v) is 4.75. The van der Waals surface area contributed by atoms with Crippen LogP contribution < -0.4 is 0 Å². The van der Waals surface area contributed by atoms with E-state index in [9.17, 15) is 0 Å². The monoisotopic (exact) mass is 302 g/mol. The summed E-state index contributed by atoms with van der Waals surface area (Å²) in [5.74, 6) is 1.10. The summed E-state index contributed by atoms with van der Waals surface area (Å²) in [5.41, 5.74) is 2.28. The first-order valence-corrected chi connectivity index (χ1v) is 8.32. The highest BCUT2D eigenvalue weighted by atomic mass is 35.5. The Hall–Kier alpha value is -1.18. The smallest absolute Gasteiger partial charge is 0.0620 e. The molecule has 0 atom stereocenters. The number of benzene rings is 2. The summed E-state index contributed by atoms with van der Waals surface area (Å²) < 4.78 is 0. The first kappa shape index (κ1) is 15.2. The van der Waals surface area contributed by atoms with Gasteiger partial charge in [-0.25, -0.2) is 0 Å². The molecule has 0 aliphatic rings. The number of thioether (sulfide) groups is 1. The zero-order valence-corrected chi connectivity index (χ0v) is 13.3. The van der Waals surface area contributed by atoms with Gasteiger partial charge in [-0.15, -0.1) is 11.8 Å². The van der Waals surface area contributed by atoms with Crippen LogP contribution in [0.25, 0.3) is 9.94 Å². The van der Waals surface area contributed by atoms with Gasteiger partial charge in [0, 0.05) is 4.91 Å². The molecule has 2 aromatic carbocycles. The van der Waals surface area contributed by atoms with Gasteiger partial charge in [0.15, 0.2) is 0 Å². The van der Waals surface area contributed by atoms with E-state index in [1.54, 1.807) is 0 Å². The molecular formula is C18H19ClS. The van der Waals surface area contributed by atoms with E-state index in [1.165, 1.54) is 23.3 Å². The summed E-state index contributed by atoms with van der Waals surface area (Å²) in [4.78, 5) is 1.17. The predicted octanol–water partition coefficient (Wildman–Crippen LogP) is 6.28. The molecule has 0 nitrogen and oxygen atoms in total. The van der Waals surface area contributed by atoms with Gasteiger partial charge in [0.25, 0.3) is 0 Å². The molecule has 0 aliphatic carbocycles. The molecule has 0 fully saturated rings. The molecule has 2 aromatic rings. The molecule has 104 valence electrons. The van der Waals surface area contributed by atoms with Crippen molar-refractivity contribution < 1.29 is 0 Å². The quantitative estimate of drug-likeness (QED) is 0.446. The van der Waals surface area contributed by atoms with Crippen molar-refractivity contribution >= 4 is 33.3 Å². The molecule has 2 rings (SSSR count). The second-order valence-corrected chi connectivity index (χ2v) is 6.06.